The Morgan fingerprint density at radius 3 is 2.38 bits per heavy atom. The highest BCUT2D eigenvalue weighted by molar-refractivity contribution is 6.15. The Bertz CT molecular complexity index is 949. The largest absolute Gasteiger partial charge is 0.452 e. The lowest BCUT2D eigenvalue weighted by Crippen LogP contribution is -2.21. The number of nitrogens with two attached hydrogens (primary N) is 2. The van der Waals surface area contributed by atoms with Crippen LogP contribution >= 0.6 is 0 Å². The number of carbonyl (C=O) groups excluding carboxylic acids is 3. The normalized spacial score (nSPS) is 10.7. The van der Waals surface area contributed by atoms with Gasteiger partial charge in [-0.3, -0.25) is 9.59 Å². The highest BCUT2D eigenvalue weighted by Gasteiger charge is 2.19. The molecule has 120 valence electrons. The molecule has 2 amide bonds. The average Bonchev–Trinajstić information content (AvgIpc) is 2.73. The fourth-order valence-corrected chi connectivity index (χ4v) is 2.66. The molecule has 2 aliphatic carbocycles. The second-order valence-electron chi connectivity index (χ2n) is 5.32. The highest BCUT2D eigenvalue weighted by atomic mass is 16.5. The third-order valence-electron chi connectivity index (χ3n) is 3.69. The molecule has 6 nitrogen and oxygen atoms in total. The monoisotopic (exact) mass is 322 g/mol. The van der Waals surface area contributed by atoms with E-state index in [1.54, 1.807) is 6.07 Å². The SMILES string of the molecule is NC(=O)COC(=O)c1cc(C(N)=O)c2cc3cccccc-3c2c1. The third-order valence-corrected chi connectivity index (χ3v) is 3.69. The quantitative estimate of drug-likeness (QED) is 0.711. The highest BCUT2D eigenvalue weighted by Crippen LogP contribution is 2.36. The summed E-state index contributed by atoms with van der Waals surface area (Å²) in [5.74, 6) is -2.15. The number of primary amides is 2. The van der Waals surface area contributed by atoms with Gasteiger partial charge in [0.15, 0.2) is 6.61 Å². The summed E-state index contributed by atoms with van der Waals surface area (Å²) < 4.78 is 4.81. The maximum atomic E-state index is 12.1. The molecule has 0 bridgehead atoms. The van der Waals surface area contributed by atoms with Gasteiger partial charge in [0.05, 0.1) is 5.56 Å². The van der Waals surface area contributed by atoms with Crippen molar-refractivity contribution in [1.29, 1.82) is 0 Å². The molecule has 0 unspecified atom stereocenters. The zero-order valence-electron chi connectivity index (χ0n) is 12.6. The van der Waals surface area contributed by atoms with E-state index in [2.05, 4.69) is 0 Å². The second-order valence-corrected chi connectivity index (χ2v) is 5.32. The van der Waals surface area contributed by atoms with Gasteiger partial charge in [-0.1, -0.05) is 30.3 Å². The van der Waals surface area contributed by atoms with Crippen molar-refractivity contribution in [2.45, 2.75) is 0 Å². The molecule has 3 rings (SSSR count). The Morgan fingerprint density at radius 2 is 1.67 bits per heavy atom. The smallest absolute Gasteiger partial charge is 0.338 e. The molecular formula is C18H14N2O4. The van der Waals surface area contributed by atoms with E-state index in [0.29, 0.717) is 10.8 Å². The molecular weight excluding hydrogens is 308 g/mol. The van der Waals surface area contributed by atoms with Crippen LogP contribution in [0.5, 0.6) is 0 Å². The van der Waals surface area contributed by atoms with E-state index in [1.165, 1.54) is 6.07 Å². The van der Waals surface area contributed by atoms with Crippen LogP contribution < -0.4 is 11.5 Å². The second kappa shape index (κ2) is 6.00. The van der Waals surface area contributed by atoms with Crippen LogP contribution in [-0.2, 0) is 9.53 Å². The summed E-state index contributed by atoms with van der Waals surface area (Å²) in [5.41, 5.74) is 12.6. The fourth-order valence-electron chi connectivity index (χ4n) is 2.66. The molecule has 0 fully saturated rings. The average molecular weight is 322 g/mol. The third kappa shape index (κ3) is 2.77. The van der Waals surface area contributed by atoms with Crippen LogP contribution in [-0.4, -0.2) is 24.4 Å². The Balaban J connectivity index is 2.20. The number of amides is 2. The first-order chi connectivity index (χ1) is 11.5. The zero-order chi connectivity index (χ0) is 17.3. The van der Waals surface area contributed by atoms with Crippen molar-refractivity contribution >= 4 is 28.6 Å². The van der Waals surface area contributed by atoms with E-state index in [4.69, 9.17) is 16.2 Å². The van der Waals surface area contributed by atoms with Crippen LogP contribution in [0, 0.1) is 0 Å². The van der Waals surface area contributed by atoms with Gasteiger partial charge in [-0.05, 0) is 40.1 Å². The summed E-state index contributed by atoms with van der Waals surface area (Å²) in [6.07, 6.45) is 0. The van der Waals surface area contributed by atoms with Gasteiger partial charge in [-0.2, -0.15) is 0 Å². The molecule has 0 aliphatic heterocycles. The lowest BCUT2D eigenvalue weighted by Gasteiger charge is -2.06. The predicted octanol–water partition coefficient (Wildman–Crippen LogP) is 1.69. The molecule has 0 spiro atoms. The van der Waals surface area contributed by atoms with Crippen LogP contribution in [0.2, 0.25) is 0 Å². The van der Waals surface area contributed by atoms with E-state index in [-0.39, 0.29) is 11.1 Å². The van der Waals surface area contributed by atoms with E-state index in [9.17, 15) is 14.4 Å². The summed E-state index contributed by atoms with van der Waals surface area (Å²) in [6, 6.07) is 14.3. The van der Waals surface area contributed by atoms with Gasteiger partial charge in [-0.25, -0.2) is 4.79 Å². The van der Waals surface area contributed by atoms with E-state index in [1.807, 2.05) is 36.4 Å². The maximum Gasteiger partial charge on any atom is 0.338 e. The Morgan fingerprint density at radius 1 is 0.917 bits per heavy atom. The number of fused-ring (bicyclic) bond motifs is 3. The van der Waals surface area contributed by atoms with Crippen molar-refractivity contribution in [1.82, 2.24) is 0 Å². The van der Waals surface area contributed by atoms with Crippen molar-refractivity contribution in [2.75, 3.05) is 6.61 Å². The predicted molar refractivity (Wildman–Crippen MR) is 88.6 cm³/mol. The van der Waals surface area contributed by atoms with Crippen molar-refractivity contribution < 1.29 is 19.1 Å². The Kier molecular flexibility index (Phi) is 3.87. The van der Waals surface area contributed by atoms with Crippen LogP contribution in [0.15, 0.2) is 48.5 Å². The van der Waals surface area contributed by atoms with Crippen LogP contribution in [0.3, 0.4) is 0 Å². The van der Waals surface area contributed by atoms with E-state index in [0.717, 1.165) is 11.1 Å². The molecule has 6 heteroatoms. The fraction of sp³-hybridized carbons (Fsp3) is 0.0556. The Labute approximate surface area is 137 Å². The molecule has 1 aromatic rings. The van der Waals surface area contributed by atoms with E-state index < -0.39 is 24.4 Å². The lowest BCUT2D eigenvalue weighted by atomic mass is 10.0. The molecule has 4 N–H and O–H groups in total. The van der Waals surface area contributed by atoms with Gasteiger partial charge in [0, 0.05) is 5.56 Å². The number of ether oxygens (including phenoxy) is 1. The molecule has 0 atom stereocenters. The Hall–Kier alpha value is -3.41. The number of carbonyl (C=O) groups is 3. The van der Waals surface area contributed by atoms with E-state index >= 15 is 0 Å². The van der Waals surface area contributed by atoms with Gasteiger partial charge in [0.1, 0.15) is 0 Å². The van der Waals surface area contributed by atoms with Crippen molar-refractivity contribution in [2.24, 2.45) is 11.5 Å². The maximum absolute atomic E-state index is 12.1. The summed E-state index contributed by atoms with van der Waals surface area (Å²) in [4.78, 5) is 34.7. The summed E-state index contributed by atoms with van der Waals surface area (Å²) >= 11 is 0. The molecule has 0 saturated heterocycles. The van der Waals surface area contributed by atoms with Gasteiger partial charge in [-0.15, -0.1) is 0 Å². The molecule has 2 aliphatic rings. The first-order valence-electron chi connectivity index (χ1n) is 7.18. The number of hydrogen-bond acceptors (Lipinski definition) is 4. The van der Waals surface area contributed by atoms with Crippen LogP contribution in [0.4, 0.5) is 0 Å². The lowest BCUT2D eigenvalue weighted by molar-refractivity contribution is -0.121. The van der Waals surface area contributed by atoms with Crippen molar-refractivity contribution in [3.63, 3.8) is 0 Å². The van der Waals surface area contributed by atoms with Crippen molar-refractivity contribution in [3.8, 4) is 11.1 Å². The van der Waals surface area contributed by atoms with Gasteiger partial charge in [0.2, 0.25) is 5.91 Å². The van der Waals surface area contributed by atoms with Crippen LogP contribution in [0.1, 0.15) is 20.7 Å². The summed E-state index contributed by atoms with van der Waals surface area (Å²) in [7, 11) is 0. The molecule has 24 heavy (non-hydrogen) atoms. The molecule has 0 aromatic heterocycles. The van der Waals surface area contributed by atoms with Gasteiger partial charge >= 0.3 is 5.97 Å². The first-order valence-corrected chi connectivity index (χ1v) is 7.18. The molecule has 0 heterocycles. The first kappa shape index (κ1) is 15.5. The number of hydrogen-bond donors (Lipinski definition) is 2. The molecule has 1 aromatic carbocycles. The number of benzene rings is 1. The minimum absolute atomic E-state index is 0.136. The number of rotatable bonds is 4. The molecule has 0 radical (unpaired) electrons. The van der Waals surface area contributed by atoms with Crippen LogP contribution in [0.25, 0.3) is 21.9 Å². The minimum atomic E-state index is -0.759. The summed E-state index contributed by atoms with van der Waals surface area (Å²) in [6.45, 7) is -0.528. The van der Waals surface area contributed by atoms with Crippen molar-refractivity contribution in [3.05, 3.63) is 59.7 Å². The standard InChI is InChI=1S/C18H14N2O4/c19-16(21)9-24-18(23)11-7-13-12-5-3-1-2-4-10(12)6-14(13)15(8-11)17(20)22/h1-8H,9H2,(H2,19,21)(H2,20,22). The topological polar surface area (TPSA) is 112 Å². The van der Waals surface area contributed by atoms with Gasteiger partial charge < -0.3 is 16.2 Å². The minimum Gasteiger partial charge on any atom is -0.452 e. The van der Waals surface area contributed by atoms with Gasteiger partial charge in [0.25, 0.3) is 5.91 Å². The number of esters is 1. The summed E-state index contributed by atoms with van der Waals surface area (Å²) in [5, 5.41) is 1.37. The zero-order valence-corrected chi connectivity index (χ0v) is 12.6. The molecule has 0 saturated carbocycles.